The standard InChI is InChI=1S/C26H48O4/c1-6-14-25(4,15-8-17-27)20-13-16-26(5)19(18(3)9-12-23(29)30)10-11-21(26)24(20)22(28)7-2/h18-22,24,27-28H,6-17H2,1-5H3,(H,29,30)/t18-,19-,20+,21+,22-,24-,25?,26-/m1/s1. The van der Waals surface area contributed by atoms with Gasteiger partial charge in [0, 0.05) is 13.0 Å². The van der Waals surface area contributed by atoms with Gasteiger partial charge in [-0.2, -0.15) is 0 Å². The zero-order chi connectivity index (χ0) is 22.5. The minimum atomic E-state index is -0.691. The van der Waals surface area contributed by atoms with Gasteiger partial charge in [0.15, 0.2) is 0 Å². The predicted molar refractivity (Wildman–Crippen MR) is 122 cm³/mol. The number of carboxylic acid groups (broad SMARTS) is 1. The van der Waals surface area contributed by atoms with Crippen molar-refractivity contribution in [3.63, 3.8) is 0 Å². The van der Waals surface area contributed by atoms with E-state index in [-0.39, 0.29) is 30.0 Å². The van der Waals surface area contributed by atoms with Crippen LogP contribution in [0.4, 0.5) is 0 Å². The summed E-state index contributed by atoms with van der Waals surface area (Å²) in [5, 5.41) is 29.9. The average molecular weight is 425 g/mol. The summed E-state index contributed by atoms with van der Waals surface area (Å²) in [4.78, 5) is 11.1. The van der Waals surface area contributed by atoms with Gasteiger partial charge in [-0.3, -0.25) is 4.79 Å². The molecule has 0 amide bonds. The lowest BCUT2D eigenvalue weighted by Gasteiger charge is -2.56. The molecule has 8 atom stereocenters. The van der Waals surface area contributed by atoms with Gasteiger partial charge in [0.25, 0.3) is 0 Å². The summed E-state index contributed by atoms with van der Waals surface area (Å²) in [6.07, 6.45) is 10.4. The Balaban J connectivity index is 2.31. The summed E-state index contributed by atoms with van der Waals surface area (Å²) in [5.74, 6) is 1.64. The topological polar surface area (TPSA) is 77.8 Å². The third kappa shape index (κ3) is 5.23. The number of aliphatic carboxylic acids is 1. The van der Waals surface area contributed by atoms with E-state index < -0.39 is 5.97 Å². The fourth-order valence-electron chi connectivity index (χ4n) is 7.89. The number of hydrogen-bond acceptors (Lipinski definition) is 3. The molecule has 176 valence electrons. The summed E-state index contributed by atoms with van der Waals surface area (Å²) in [6, 6.07) is 0. The van der Waals surface area contributed by atoms with Crippen LogP contribution in [0.15, 0.2) is 0 Å². The molecule has 1 unspecified atom stereocenters. The number of aliphatic hydroxyl groups excluding tert-OH is 2. The molecule has 2 aliphatic rings. The van der Waals surface area contributed by atoms with Crippen molar-refractivity contribution in [3.05, 3.63) is 0 Å². The lowest BCUT2D eigenvalue weighted by Crippen LogP contribution is -2.51. The normalized spacial score (nSPS) is 35.4. The van der Waals surface area contributed by atoms with E-state index in [2.05, 4.69) is 34.6 Å². The molecule has 0 aliphatic heterocycles. The van der Waals surface area contributed by atoms with Gasteiger partial charge in [-0.15, -0.1) is 0 Å². The van der Waals surface area contributed by atoms with Crippen molar-refractivity contribution >= 4 is 5.97 Å². The Morgan fingerprint density at radius 1 is 1.20 bits per heavy atom. The van der Waals surface area contributed by atoms with Crippen LogP contribution in [0.5, 0.6) is 0 Å². The minimum Gasteiger partial charge on any atom is -0.481 e. The summed E-state index contributed by atoms with van der Waals surface area (Å²) in [6.45, 7) is 11.7. The molecule has 2 rings (SSSR count). The van der Waals surface area contributed by atoms with Crippen molar-refractivity contribution < 1.29 is 20.1 Å². The molecule has 4 nitrogen and oxygen atoms in total. The number of fused-ring (bicyclic) bond motifs is 1. The molecular weight excluding hydrogens is 376 g/mol. The van der Waals surface area contributed by atoms with Crippen LogP contribution in [0, 0.1) is 40.4 Å². The Morgan fingerprint density at radius 2 is 1.90 bits per heavy atom. The molecule has 30 heavy (non-hydrogen) atoms. The second-order valence-corrected chi connectivity index (χ2v) is 11.1. The molecule has 0 aromatic heterocycles. The Morgan fingerprint density at radius 3 is 2.47 bits per heavy atom. The Kier molecular flexibility index (Phi) is 9.24. The highest BCUT2D eigenvalue weighted by molar-refractivity contribution is 5.66. The lowest BCUT2D eigenvalue weighted by molar-refractivity contribution is -0.137. The van der Waals surface area contributed by atoms with Crippen molar-refractivity contribution in [2.45, 2.75) is 111 Å². The van der Waals surface area contributed by atoms with Gasteiger partial charge in [-0.25, -0.2) is 0 Å². The maximum Gasteiger partial charge on any atom is 0.303 e. The first kappa shape index (κ1) is 25.6. The van der Waals surface area contributed by atoms with Crippen LogP contribution in [-0.4, -0.2) is 34.0 Å². The molecule has 0 bridgehead atoms. The Bertz CT molecular complexity index is 549. The van der Waals surface area contributed by atoms with Crippen LogP contribution < -0.4 is 0 Å². The first-order chi connectivity index (χ1) is 14.1. The molecule has 2 aliphatic carbocycles. The van der Waals surface area contributed by atoms with Gasteiger partial charge >= 0.3 is 5.97 Å². The smallest absolute Gasteiger partial charge is 0.303 e. The zero-order valence-electron chi connectivity index (χ0n) is 20.2. The van der Waals surface area contributed by atoms with E-state index in [1.807, 2.05) is 0 Å². The van der Waals surface area contributed by atoms with Crippen molar-refractivity contribution in [1.29, 1.82) is 0 Å². The Labute approximate surface area is 184 Å². The molecule has 2 saturated carbocycles. The second-order valence-electron chi connectivity index (χ2n) is 11.1. The number of carboxylic acids is 1. The lowest BCUT2D eigenvalue weighted by atomic mass is 9.50. The molecular formula is C26H48O4. The predicted octanol–water partition coefficient (Wildman–Crippen LogP) is 5.90. The molecule has 0 aromatic rings. The fraction of sp³-hybridized carbons (Fsp3) is 0.962. The van der Waals surface area contributed by atoms with Gasteiger partial charge in [-0.1, -0.05) is 41.0 Å². The van der Waals surface area contributed by atoms with E-state index in [4.69, 9.17) is 5.11 Å². The summed E-state index contributed by atoms with van der Waals surface area (Å²) in [5.41, 5.74) is 0.381. The summed E-state index contributed by atoms with van der Waals surface area (Å²) in [7, 11) is 0. The average Bonchev–Trinajstić information content (AvgIpc) is 3.06. The number of carbonyl (C=O) groups is 1. The first-order valence-electron chi connectivity index (χ1n) is 12.6. The van der Waals surface area contributed by atoms with Crippen molar-refractivity contribution in [3.8, 4) is 0 Å². The number of rotatable bonds is 12. The maximum atomic E-state index is 11.2. The molecule has 0 heterocycles. The quantitative estimate of drug-likeness (QED) is 0.365. The van der Waals surface area contributed by atoms with Crippen LogP contribution in [0.2, 0.25) is 0 Å². The van der Waals surface area contributed by atoms with Gasteiger partial charge in [0.2, 0.25) is 0 Å². The van der Waals surface area contributed by atoms with Crippen molar-refractivity contribution in [2.24, 2.45) is 40.4 Å². The minimum absolute atomic E-state index is 0.173. The van der Waals surface area contributed by atoms with Gasteiger partial charge in [-0.05, 0) is 98.2 Å². The molecule has 0 radical (unpaired) electrons. The summed E-state index contributed by atoms with van der Waals surface area (Å²) < 4.78 is 0. The van der Waals surface area contributed by atoms with Crippen LogP contribution in [0.1, 0.15) is 105 Å². The first-order valence-corrected chi connectivity index (χ1v) is 12.6. The highest BCUT2D eigenvalue weighted by atomic mass is 16.4. The maximum absolute atomic E-state index is 11.2. The third-order valence-corrected chi connectivity index (χ3v) is 9.39. The Hall–Kier alpha value is -0.610. The van der Waals surface area contributed by atoms with E-state index in [0.717, 1.165) is 44.9 Å². The van der Waals surface area contributed by atoms with E-state index >= 15 is 0 Å². The van der Waals surface area contributed by atoms with Gasteiger partial charge < -0.3 is 15.3 Å². The van der Waals surface area contributed by atoms with Crippen molar-refractivity contribution in [2.75, 3.05) is 6.61 Å². The van der Waals surface area contributed by atoms with Crippen LogP contribution in [0.25, 0.3) is 0 Å². The zero-order valence-corrected chi connectivity index (χ0v) is 20.2. The van der Waals surface area contributed by atoms with Gasteiger partial charge in [0.1, 0.15) is 0 Å². The van der Waals surface area contributed by atoms with Crippen LogP contribution >= 0.6 is 0 Å². The van der Waals surface area contributed by atoms with Gasteiger partial charge in [0.05, 0.1) is 6.10 Å². The largest absolute Gasteiger partial charge is 0.481 e. The third-order valence-electron chi connectivity index (χ3n) is 9.39. The summed E-state index contributed by atoms with van der Waals surface area (Å²) >= 11 is 0. The monoisotopic (exact) mass is 424 g/mol. The highest BCUT2D eigenvalue weighted by Crippen LogP contribution is 2.65. The molecule has 0 aromatic carbocycles. The van der Waals surface area contributed by atoms with Crippen LogP contribution in [-0.2, 0) is 4.79 Å². The highest BCUT2D eigenvalue weighted by Gasteiger charge is 2.58. The van der Waals surface area contributed by atoms with E-state index in [1.54, 1.807) is 0 Å². The molecule has 0 spiro atoms. The molecule has 4 heteroatoms. The van der Waals surface area contributed by atoms with E-state index in [0.29, 0.717) is 29.6 Å². The van der Waals surface area contributed by atoms with E-state index in [9.17, 15) is 15.0 Å². The second kappa shape index (κ2) is 10.8. The van der Waals surface area contributed by atoms with E-state index in [1.165, 1.54) is 19.3 Å². The molecule has 3 N–H and O–H groups in total. The molecule has 2 fully saturated rings. The van der Waals surface area contributed by atoms with Crippen LogP contribution in [0.3, 0.4) is 0 Å². The van der Waals surface area contributed by atoms with Crippen molar-refractivity contribution in [1.82, 2.24) is 0 Å². The molecule has 0 saturated heterocycles. The fourth-order valence-corrected chi connectivity index (χ4v) is 7.89. The SMILES string of the molecule is CCCC(C)(CCCO)[C@H]1CC[C@]2(C)[C@@H]([C@H](C)CCC(=O)O)CC[C@H]2[C@@H]1[C@H](O)CC. The number of aliphatic hydroxyl groups is 2. The number of hydrogen-bond donors (Lipinski definition) is 3.